The number of nitrogens with zero attached hydrogens (tertiary/aromatic N) is 7. The van der Waals surface area contributed by atoms with Gasteiger partial charge >= 0.3 is 0 Å². The van der Waals surface area contributed by atoms with E-state index in [2.05, 4.69) is 35.6 Å². The van der Waals surface area contributed by atoms with Gasteiger partial charge in [0.2, 0.25) is 11.8 Å². The van der Waals surface area contributed by atoms with Gasteiger partial charge in [0.25, 0.3) is 5.78 Å². The molecule has 4 heterocycles. The van der Waals surface area contributed by atoms with Gasteiger partial charge in [-0.15, -0.1) is 15.3 Å². The maximum Gasteiger partial charge on any atom is 0.272 e. The Morgan fingerprint density at radius 1 is 1.03 bits per heavy atom. The van der Waals surface area contributed by atoms with Crippen molar-refractivity contribution in [2.45, 2.75) is 6.92 Å². The van der Waals surface area contributed by atoms with Gasteiger partial charge in [-0.25, -0.2) is 9.97 Å². The number of anilines is 2. The minimum absolute atomic E-state index is 0.381. The molecule has 0 saturated carbocycles. The first-order valence-electron chi connectivity index (χ1n) is 8.67. The number of furan rings is 1. The Hall–Kier alpha value is -3.85. The maximum absolute atomic E-state index is 5.93. The highest BCUT2D eigenvalue weighted by Gasteiger charge is 2.16. The molecule has 0 radical (unpaired) electrons. The van der Waals surface area contributed by atoms with E-state index in [0.29, 0.717) is 39.7 Å². The van der Waals surface area contributed by atoms with Crippen molar-refractivity contribution in [2.75, 3.05) is 5.32 Å². The minimum Gasteiger partial charge on any atom is -0.461 e. The van der Waals surface area contributed by atoms with E-state index in [-0.39, 0.29) is 0 Å². The molecule has 0 amide bonds. The predicted molar refractivity (Wildman–Crippen MR) is 107 cm³/mol. The third-order valence-corrected chi connectivity index (χ3v) is 4.48. The zero-order valence-electron chi connectivity index (χ0n) is 15.1. The molecule has 0 fully saturated rings. The lowest BCUT2D eigenvalue weighted by atomic mass is 10.2. The largest absolute Gasteiger partial charge is 0.461 e. The van der Waals surface area contributed by atoms with Gasteiger partial charge in [-0.3, -0.25) is 0 Å². The molecule has 10 heteroatoms. The molecule has 1 N–H and O–H groups in total. The van der Waals surface area contributed by atoms with Crippen LogP contribution in [-0.2, 0) is 0 Å². The highest BCUT2D eigenvalue weighted by atomic mass is 35.5. The highest BCUT2D eigenvalue weighted by molar-refractivity contribution is 6.30. The number of rotatable bonds is 4. The quantitative estimate of drug-likeness (QED) is 0.480. The smallest absolute Gasteiger partial charge is 0.272 e. The minimum atomic E-state index is 0.381. The van der Waals surface area contributed by atoms with E-state index < -0.39 is 0 Å². The van der Waals surface area contributed by atoms with Crippen LogP contribution in [-0.4, -0.2) is 34.8 Å². The van der Waals surface area contributed by atoms with Gasteiger partial charge in [0.1, 0.15) is 5.69 Å². The van der Waals surface area contributed by atoms with Crippen LogP contribution in [0, 0.1) is 6.92 Å². The lowest BCUT2D eigenvalue weighted by Crippen LogP contribution is -2.05. The Morgan fingerprint density at radius 2 is 1.90 bits per heavy atom. The number of aryl methyl sites for hydroxylation is 1. The van der Waals surface area contributed by atoms with Gasteiger partial charge in [-0.05, 0) is 49.4 Å². The van der Waals surface area contributed by atoms with Crippen molar-refractivity contribution in [1.82, 2.24) is 34.8 Å². The third-order valence-electron chi connectivity index (χ3n) is 4.23. The molecule has 142 valence electrons. The van der Waals surface area contributed by atoms with E-state index in [1.807, 2.05) is 19.1 Å². The molecule has 0 atom stereocenters. The summed E-state index contributed by atoms with van der Waals surface area (Å²) in [7, 11) is 0. The highest BCUT2D eigenvalue weighted by Crippen LogP contribution is 2.23. The number of halogens is 1. The Labute approximate surface area is 169 Å². The molecule has 1 aromatic carbocycles. The molecule has 0 aliphatic rings. The van der Waals surface area contributed by atoms with Crippen molar-refractivity contribution in [3.8, 4) is 23.0 Å². The van der Waals surface area contributed by atoms with Crippen LogP contribution < -0.4 is 5.32 Å². The van der Waals surface area contributed by atoms with Crippen LogP contribution in [0.3, 0.4) is 0 Å². The second-order valence-corrected chi connectivity index (χ2v) is 6.59. The Balaban J connectivity index is 1.51. The van der Waals surface area contributed by atoms with Crippen molar-refractivity contribution in [3.63, 3.8) is 0 Å². The first-order valence-corrected chi connectivity index (χ1v) is 9.05. The van der Waals surface area contributed by atoms with E-state index in [1.54, 1.807) is 47.3 Å². The second kappa shape index (κ2) is 6.95. The molecule has 0 saturated heterocycles. The molecule has 0 aliphatic carbocycles. The maximum atomic E-state index is 5.93. The van der Waals surface area contributed by atoms with Crippen LogP contribution in [0.2, 0.25) is 5.02 Å². The van der Waals surface area contributed by atoms with E-state index >= 15 is 0 Å². The van der Waals surface area contributed by atoms with E-state index in [1.165, 1.54) is 0 Å². The number of aromatic nitrogens is 7. The number of hydrogen-bond acceptors (Lipinski definition) is 8. The predicted octanol–water partition coefficient (Wildman–Crippen LogP) is 3.94. The summed E-state index contributed by atoms with van der Waals surface area (Å²) in [5, 5.41) is 16.7. The van der Waals surface area contributed by atoms with Crippen LogP contribution in [0.4, 0.5) is 11.6 Å². The summed E-state index contributed by atoms with van der Waals surface area (Å²) < 4.78 is 6.98. The molecule has 0 bridgehead atoms. The van der Waals surface area contributed by atoms with Crippen molar-refractivity contribution >= 4 is 29.0 Å². The van der Waals surface area contributed by atoms with Gasteiger partial charge < -0.3 is 9.73 Å². The van der Waals surface area contributed by atoms with Crippen LogP contribution in [0.15, 0.2) is 59.3 Å². The van der Waals surface area contributed by atoms with Crippen LogP contribution in [0.1, 0.15) is 5.69 Å². The van der Waals surface area contributed by atoms with Crippen LogP contribution in [0.5, 0.6) is 0 Å². The standard InChI is InChI=1S/C19H13ClN8O/c1-11-16(25-26-19-24-17(27-28(11)19)15-3-2-10-29-15)14-8-9-21-18(23-14)22-13-6-4-12(20)5-7-13/h2-10H,1H3,(H,21,22,23). The summed E-state index contributed by atoms with van der Waals surface area (Å²) in [5.41, 5.74) is 2.76. The normalized spacial score (nSPS) is 11.1. The Kier molecular flexibility index (Phi) is 4.14. The topological polar surface area (TPSA) is 107 Å². The van der Waals surface area contributed by atoms with E-state index in [0.717, 1.165) is 11.4 Å². The number of fused-ring (bicyclic) bond motifs is 1. The molecule has 0 aliphatic heterocycles. The number of benzene rings is 1. The average Bonchev–Trinajstić information content (AvgIpc) is 3.40. The summed E-state index contributed by atoms with van der Waals surface area (Å²) >= 11 is 5.93. The first kappa shape index (κ1) is 17.3. The zero-order chi connectivity index (χ0) is 19.8. The molecule has 5 rings (SSSR count). The molecule has 5 aromatic rings. The van der Waals surface area contributed by atoms with Crippen LogP contribution in [0.25, 0.3) is 28.8 Å². The molecular weight excluding hydrogens is 392 g/mol. The first-order chi connectivity index (χ1) is 14.2. The van der Waals surface area contributed by atoms with Crippen molar-refractivity contribution < 1.29 is 4.42 Å². The molecular formula is C19H13ClN8O. The average molecular weight is 405 g/mol. The number of hydrogen-bond donors (Lipinski definition) is 1. The Bertz CT molecular complexity index is 1300. The molecule has 0 unspecified atom stereocenters. The molecule has 0 spiro atoms. The lowest BCUT2D eigenvalue weighted by Gasteiger charge is -2.08. The summed E-state index contributed by atoms with van der Waals surface area (Å²) in [6.45, 7) is 1.88. The van der Waals surface area contributed by atoms with Gasteiger partial charge in [0.15, 0.2) is 5.76 Å². The van der Waals surface area contributed by atoms with Gasteiger partial charge in [-0.2, -0.15) is 9.50 Å². The fourth-order valence-corrected chi connectivity index (χ4v) is 2.95. The number of nitrogens with one attached hydrogen (secondary N) is 1. The fraction of sp³-hybridized carbons (Fsp3) is 0.0526. The SMILES string of the molecule is Cc1c(-c2ccnc(Nc3ccc(Cl)cc3)n2)nnc2nc(-c3ccco3)nn12. The summed E-state index contributed by atoms with van der Waals surface area (Å²) in [6.07, 6.45) is 3.22. The second-order valence-electron chi connectivity index (χ2n) is 6.16. The van der Waals surface area contributed by atoms with Crippen molar-refractivity contribution in [2.24, 2.45) is 0 Å². The third kappa shape index (κ3) is 3.27. The monoisotopic (exact) mass is 404 g/mol. The van der Waals surface area contributed by atoms with Crippen molar-refractivity contribution in [3.05, 3.63) is 65.6 Å². The Morgan fingerprint density at radius 3 is 2.69 bits per heavy atom. The summed E-state index contributed by atoms with van der Waals surface area (Å²) in [5.74, 6) is 1.82. The molecule has 4 aromatic heterocycles. The molecule has 29 heavy (non-hydrogen) atoms. The van der Waals surface area contributed by atoms with Gasteiger partial charge in [0, 0.05) is 16.9 Å². The van der Waals surface area contributed by atoms with E-state index in [4.69, 9.17) is 16.0 Å². The summed E-state index contributed by atoms with van der Waals surface area (Å²) in [4.78, 5) is 13.2. The van der Waals surface area contributed by atoms with Crippen molar-refractivity contribution in [1.29, 1.82) is 0 Å². The zero-order valence-corrected chi connectivity index (χ0v) is 15.9. The molecule has 9 nitrogen and oxygen atoms in total. The fourth-order valence-electron chi connectivity index (χ4n) is 2.82. The van der Waals surface area contributed by atoms with E-state index in [9.17, 15) is 0 Å². The van der Waals surface area contributed by atoms with Gasteiger partial charge in [0.05, 0.1) is 17.7 Å². The lowest BCUT2D eigenvalue weighted by molar-refractivity contribution is 0.577. The van der Waals surface area contributed by atoms with Crippen LogP contribution >= 0.6 is 11.6 Å². The summed E-state index contributed by atoms with van der Waals surface area (Å²) in [6, 6.07) is 12.6. The van der Waals surface area contributed by atoms with Gasteiger partial charge in [-0.1, -0.05) is 11.6 Å².